The van der Waals surface area contributed by atoms with Crippen LogP contribution in [0.5, 0.6) is 0 Å². The van der Waals surface area contributed by atoms with E-state index in [2.05, 4.69) is 4.98 Å². The molecular weight excluding hydrogens is 217 g/mol. The zero-order valence-corrected chi connectivity index (χ0v) is 9.25. The van der Waals surface area contributed by atoms with Crippen molar-refractivity contribution in [2.45, 2.75) is 6.92 Å². The lowest BCUT2D eigenvalue weighted by atomic mass is 10.0. The third-order valence-corrected chi connectivity index (χ3v) is 2.99. The van der Waals surface area contributed by atoms with Crippen molar-refractivity contribution >= 4 is 21.7 Å². The lowest BCUT2D eigenvalue weighted by Crippen LogP contribution is -2.05. The molecule has 3 aromatic rings. The fourth-order valence-corrected chi connectivity index (χ4v) is 2.29. The van der Waals surface area contributed by atoms with E-state index in [0.717, 1.165) is 16.3 Å². The van der Waals surface area contributed by atoms with E-state index in [-0.39, 0.29) is 11.4 Å². The Bertz CT molecular complexity index is 789. The normalized spacial score (nSPS) is 11.2. The Kier molecular flexibility index (Phi) is 2.01. The summed E-state index contributed by atoms with van der Waals surface area (Å²) in [7, 11) is 0. The number of aromatic nitrogens is 1. The van der Waals surface area contributed by atoms with Gasteiger partial charge in [0.1, 0.15) is 5.82 Å². The predicted molar refractivity (Wildman–Crippen MR) is 66.8 cm³/mol. The van der Waals surface area contributed by atoms with Crippen LogP contribution in [0.4, 0.5) is 4.39 Å². The summed E-state index contributed by atoms with van der Waals surface area (Å²) in [5.41, 5.74) is 1.20. The number of rotatable bonds is 0. The van der Waals surface area contributed by atoms with Gasteiger partial charge in [-0.05, 0) is 23.9 Å². The van der Waals surface area contributed by atoms with E-state index < -0.39 is 0 Å². The first-order valence-corrected chi connectivity index (χ1v) is 5.38. The molecule has 0 aliphatic rings. The molecule has 1 N–H and O–H groups in total. The van der Waals surface area contributed by atoms with E-state index in [1.54, 1.807) is 12.1 Å². The molecule has 0 aliphatic carbocycles. The Morgan fingerprint density at radius 1 is 1.12 bits per heavy atom. The number of nitrogens with one attached hydrogen (secondary N) is 1. The Hall–Kier alpha value is -2.16. The summed E-state index contributed by atoms with van der Waals surface area (Å²) >= 11 is 0. The maximum absolute atomic E-state index is 13.9. The highest BCUT2D eigenvalue weighted by Gasteiger charge is 2.08. The number of hydrogen-bond acceptors (Lipinski definition) is 1. The number of aromatic amines is 1. The molecule has 0 amide bonds. The van der Waals surface area contributed by atoms with Crippen LogP contribution in [0.15, 0.2) is 41.2 Å². The van der Waals surface area contributed by atoms with Crippen LogP contribution < -0.4 is 5.56 Å². The SMILES string of the molecule is Cc1cc(=O)[nH]c2cc(F)c3ccccc3c12. The summed E-state index contributed by atoms with van der Waals surface area (Å²) in [6.07, 6.45) is 0. The molecule has 0 spiro atoms. The molecule has 0 bridgehead atoms. The van der Waals surface area contributed by atoms with Crippen LogP contribution in [0.3, 0.4) is 0 Å². The number of aryl methyl sites for hydroxylation is 1. The number of fused-ring (bicyclic) bond motifs is 3. The van der Waals surface area contributed by atoms with E-state index in [4.69, 9.17) is 0 Å². The number of H-pyrrole nitrogens is 1. The van der Waals surface area contributed by atoms with Gasteiger partial charge in [-0.3, -0.25) is 4.79 Å². The lowest BCUT2D eigenvalue weighted by molar-refractivity contribution is 0.641. The van der Waals surface area contributed by atoms with E-state index in [1.165, 1.54) is 12.1 Å². The second-order valence-electron chi connectivity index (χ2n) is 4.14. The minimum absolute atomic E-state index is 0.204. The smallest absolute Gasteiger partial charge is 0.248 e. The van der Waals surface area contributed by atoms with Gasteiger partial charge in [0.25, 0.3) is 0 Å². The summed E-state index contributed by atoms with van der Waals surface area (Å²) in [5, 5.41) is 2.31. The summed E-state index contributed by atoms with van der Waals surface area (Å²) < 4.78 is 13.9. The minimum Gasteiger partial charge on any atom is -0.322 e. The van der Waals surface area contributed by atoms with Gasteiger partial charge in [-0.15, -0.1) is 0 Å². The third-order valence-electron chi connectivity index (χ3n) is 2.99. The fourth-order valence-electron chi connectivity index (χ4n) is 2.29. The molecule has 0 saturated heterocycles. The molecule has 0 aliphatic heterocycles. The highest BCUT2D eigenvalue weighted by molar-refractivity contribution is 6.07. The number of halogens is 1. The first kappa shape index (κ1) is 10.0. The van der Waals surface area contributed by atoms with Gasteiger partial charge in [-0.25, -0.2) is 4.39 Å². The summed E-state index contributed by atoms with van der Waals surface area (Å²) in [6.45, 7) is 1.86. The number of pyridine rings is 1. The summed E-state index contributed by atoms with van der Waals surface area (Å²) in [4.78, 5) is 14.0. The van der Waals surface area contributed by atoms with Crippen molar-refractivity contribution in [3.8, 4) is 0 Å². The average Bonchev–Trinajstić information content (AvgIpc) is 2.28. The Labute approximate surface area is 96.7 Å². The Morgan fingerprint density at radius 3 is 2.59 bits per heavy atom. The van der Waals surface area contributed by atoms with E-state index in [9.17, 15) is 9.18 Å². The van der Waals surface area contributed by atoms with Crippen molar-refractivity contribution in [2.75, 3.05) is 0 Å². The van der Waals surface area contributed by atoms with Crippen LogP contribution in [0.1, 0.15) is 5.56 Å². The molecule has 2 nitrogen and oxygen atoms in total. The van der Waals surface area contributed by atoms with Crippen LogP contribution in [0.25, 0.3) is 21.7 Å². The zero-order chi connectivity index (χ0) is 12.0. The molecule has 0 unspecified atom stereocenters. The highest BCUT2D eigenvalue weighted by Crippen LogP contribution is 2.27. The van der Waals surface area contributed by atoms with Crippen molar-refractivity contribution < 1.29 is 4.39 Å². The van der Waals surface area contributed by atoms with Crippen LogP contribution in [0.2, 0.25) is 0 Å². The van der Waals surface area contributed by atoms with Gasteiger partial charge in [0.05, 0.1) is 5.52 Å². The minimum atomic E-state index is -0.311. The van der Waals surface area contributed by atoms with Crippen LogP contribution in [0, 0.1) is 12.7 Å². The average molecular weight is 227 g/mol. The molecule has 2 aromatic carbocycles. The first-order valence-electron chi connectivity index (χ1n) is 5.38. The topological polar surface area (TPSA) is 32.9 Å². The quantitative estimate of drug-likeness (QED) is 0.588. The van der Waals surface area contributed by atoms with Gasteiger partial charge < -0.3 is 4.98 Å². The highest BCUT2D eigenvalue weighted by atomic mass is 19.1. The molecule has 3 heteroatoms. The number of benzene rings is 2. The zero-order valence-electron chi connectivity index (χ0n) is 9.25. The predicted octanol–water partition coefficient (Wildman–Crippen LogP) is 3.13. The van der Waals surface area contributed by atoms with Crippen molar-refractivity contribution in [2.24, 2.45) is 0 Å². The van der Waals surface area contributed by atoms with Crippen molar-refractivity contribution in [3.63, 3.8) is 0 Å². The fraction of sp³-hybridized carbons (Fsp3) is 0.0714. The van der Waals surface area contributed by atoms with Gasteiger partial charge in [0.15, 0.2) is 0 Å². The van der Waals surface area contributed by atoms with E-state index >= 15 is 0 Å². The maximum atomic E-state index is 13.9. The molecular formula is C14H10FNO. The molecule has 3 rings (SSSR count). The number of hydrogen-bond donors (Lipinski definition) is 1. The molecule has 17 heavy (non-hydrogen) atoms. The van der Waals surface area contributed by atoms with E-state index in [1.807, 2.05) is 19.1 Å². The van der Waals surface area contributed by atoms with Gasteiger partial charge in [0.2, 0.25) is 5.56 Å². The molecule has 0 radical (unpaired) electrons. The van der Waals surface area contributed by atoms with Crippen LogP contribution >= 0.6 is 0 Å². The van der Waals surface area contributed by atoms with Gasteiger partial charge >= 0.3 is 0 Å². The molecule has 84 valence electrons. The van der Waals surface area contributed by atoms with Crippen LogP contribution in [-0.2, 0) is 0 Å². The maximum Gasteiger partial charge on any atom is 0.248 e. The molecule has 1 aromatic heterocycles. The molecule has 1 heterocycles. The summed E-state index contributed by atoms with van der Waals surface area (Å²) in [5.74, 6) is -0.311. The van der Waals surface area contributed by atoms with Gasteiger partial charge in [0, 0.05) is 16.8 Å². The Morgan fingerprint density at radius 2 is 1.82 bits per heavy atom. The molecule has 0 saturated carbocycles. The molecule has 0 fully saturated rings. The largest absolute Gasteiger partial charge is 0.322 e. The van der Waals surface area contributed by atoms with Crippen LogP contribution in [-0.4, -0.2) is 4.98 Å². The third kappa shape index (κ3) is 1.43. The molecule has 0 atom stereocenters. The monoisotopic (exact) mass is 227 g/mol. The van der Waals surface area contributed by atoms with Crippen molar-refractivity contribution in [1.29, 1.82) is 0 Å². The first-order chi connectivity index (χ1) is 8.16. The second-order valence-corrected chi connectivity index (χ2v) is 4.14. The van der Waals surface area contributed by atoms with E-state index in [0.29, 0.717) is 10.9 Å². The standard InChI is InChI=1S/C14H10FNO/c1-8-6-13(17)16-12-7-11(15)9-4-2-3-5-10(9)14(8)12/h2-7H,1H3,(H,16,17). The summed E-state index contributed by atoms with van der Waals surface area (Å²) in [6, 6.07) is 10.2. The second kappa shape index (κ2) is 3.42. The van der Waals surface area contributed by atoms with Gasteiger partial charge in [-0.1, -0.05) is 24.3 Å². The Balaban J connectivity index is 2.68. The lowest BCUT2D eigenvalue weighted by Gasteiger charge is -2.07. The van der Waals surface area contributed by atoms with Crippen molar-refractivity contribution in [1.82, 2.24) is 4.98 Å². The van der Waals surface area contributed by atoms with Crippen molar-refractivity contribution in [3.05, 3.63) is 58.1 Å². The van der Waals surface area contributed by atoms with Gasteiger partial charge in [-0.2, -0.15) is 0 Å².